The van der Waals surface area contributed by atoms with Crippen LogP contribution in [0.15, 0.2) is 0 Å². The van der Waals surface area contributed by atoms with E-state index in [4.69, 9.17) is 0 Å². The minimum atomic E-state index is 0.963. The zero-order valence-electron chi connectivity index (χ0n) is 7.56. The molecule has 0 saturated carbocycles. The Bertz CT molecular complexity index is 105. The van der Waals surface area contributed by atoms with Crippen molar-refractivity contribution in [2.75, 3.05) is 20.1 Å². The van der Waals surface area contributed by atoms with E-state index in [0.29, 0.717) is 0 Å². The van der Waals surface area contributed by atoms with E-state index in [1.54, 1.807) is 0 Å². The molecule has 0 radical (unpaired) electrons. The van der Waals surface area contributed by atoms with Gasteiger partial charge in [-0.1, -0.05) is 20.3 Å². The molecule has 1 nitrogen and oxygen atoms in total. The fraction of sp³-hybridized carbons (Fsp3) is 1.00. The van der Waals surface area contributed by atoms with Crippen molar-refractivity contribution in [1.82, 2.24) is 0 Å². The second-order valence-corrected chi connectivity index (χ2v) is 3.78. The molecule has 0 amide bonds. The lowest BCUT2D eigenvalue weighted by molar-refractivity contribution is -0.807. The normalized spacial score (nSPS) is 24.3. The number of nitrogens with zero attached hydrogens (tertiary/aromatic N) is 1. The highest BCUT2D eigenvalue weighted by Gasteiger charge is 2.42. The molecule has 60 valence electrons. The van der Waals surface area contributed by atoms with Crippen molar-refractivity contribution in [3.8, 4) is 0 Å². The number of quaternary nitrogens is 1. The highest BCUT2D eigenvalue weighted by atomic mass is 15.5. The van der Waals surface area contributed by atoms with Crippen LogP contribution in [0.1, 0.15) is 33.1 Å². The van der Waals surface area contributed by atoms with Crippen molar-refractivity contribution in [2.45, 2.75) is 39.2 Å². The first-order valence-electron chi connectivity index (χ1n) is 4.57. The van der Waals surface area contributed by atoms with Crippen molar-refractivity contribution in [1.29, 1.82) is 0 Å². The minimum Gasteiger partial charge on any atom is -0.314 e. The van der Waals surface area contributed by atoms with E-state index in [1.807, 2.05) is 0 Å². The predicted octanol–water partition coefficient (Wildman–Crippen LogP) is 2.03. The second-order valence-electron chi connectivity index (χ2n) is 3.78. The lowest BCUT2D eigenvalue weighted by Crippen LogP contribution is -2.33. The fourth-order valence-corrected chi connectivity index (χ4v) is 1.81. The minimum absolute atomic E-state index is 0.963. The maximum atomic E-state index is 2.39. The SMILES string of the molecule is CCCC(CC)[N+]1(C)CC1. The first-order chi connectivity index (χ1) is 4.73. The molecule has 1 fully saturated rings. The Balaban J connectivity index is 2.33. The predicted molar refractivity (Wildman–Crippen MR) is 44.9 cm³/mol. The van der Waals surface area contributed by atoms with Gasteiger partial charge in [-0.3, -0.25) is 0 Å². The lowest BCUT2D eigenvalue weighted by atomic mass is 10.1. The average Bonchev–Trinajstić information content (AvgIpc) is 2.64. The molecule has 0 aromatic rings. The Labute approximate surface area is 64.6 Å². The third kappa shape index (κ3) is 1.51. The molecular formula is C9H20N+. The van der Waals surface area contributed by atoms with Crippen molar-refractivity contribution in [3.63, 3.8) is 0 Å². The van der Waals surface area contributed by atoms with Crippen LogP contribution in [0.5, 0.6) is 0 Å². The standard InChI is InChI=1S/C9H20N/c1-4-6-9(5-2)10(3)7-8-10/h9H,4-8H2,1-3H3/q+1. The van der Waals surface area contributed by atoms with Crippen molar-refractivity contribution in [2.24, 2.45) is 0 Å². The van der Waals surface area contributed by atoms with Gasteiger partial charge in [-0.2, -0.15) is 0 Å². The highest BCUT2D eigenvalue weighted by molar-refractivity contribution is 4.64. The van der Waals surface area contributed by atoms with E-state index in [1.165, 1.54) is 36.8 Å². The average molecular weight is 142 g/mol. The fourth-order valence-electron chi connectivity index (χ4n) is 1.81. The molecule has 1 aliphatic rings. The van der Waals surface area contributed by atoms with Gasteiger partial charge in [0, 0.05) is 0 Å². The number of hydrogen-bond acceptors (Lipinski definition) is 0. The maximum absolute atomic E-state index is 2.39. The van der Waals surface area contributed by atoms with Gasteiger partial charge in [-0.05, 0) is 12.8 Å². The quantitative estimate of drug-likeness (QED) is 0.416. The molecular weight excluding hydrogens is 122 g/mol. The second kappa shape index (κ2) is 2.91. The van der Waals surface area contributed by atoms with Gasteiger partial charge in [-0.25, -0.2) is 0 Å². The molecule has 0 spiro atoms. The van der Waals surface area contributed by atoms with Gasteiger partial charge in [0.05, 0.1) is 13.1 Å². The van der Waals surface area contributed by atoms with Crippen LogP contribution in [-0.2, 0) is 0 Å². The molecule has 0 aromatic heterocycles. The number of rotatable bonds is 4. The molecule has 1 heterocycles. The zero-order chi connectivity index (χ0) is 7.61. The third-order valence-electron chi connectivity index (χ3n) is 2.90. The van der Waals surface area contributed by atoms with Crippen LogP contribution in [0.2, 0.25) is 0 Å². The van der Waals surface area contributed by atoms with Crippen LogP contribution in [0, 0.1) is 0 Å². The molecule has 0 bridgehead atoms. The topological polar surface area (TPSA) is 0 Å². The molecule has 1 atom stereocenters. The number of likely N-dealkylation sites (N-methyl/N-ethyl adjacent to an activating group) is 1. The van der Waals surface area contributed by atoms with Gasteiger partial charge in [0.25, 0.3) is 0 Å². The van der Waals surface area contributed by atoms with Crippen molar-refractivity contribution >= 4 is 0 Å². The van der Waals surface area contributed by atoms with E-state index in [9.17, 15) is 0 Å². The monoisotopic (exact) mass is 142 g/mol. The van der Waals surface area contributed by atoms with Crippen LogP contribution < -0.4 is 0 Å². The molecule has 10 heavy (non-hydrogen) atoms. The lowest BCUT2D eigenvalue weighted by Gasteiger charge is -2.22. The van der Waals surface area contributed by atoms with E-state index < -0.39 is 0 Å². The molecule has 1 aliphatic heterocycles. The van der Waals surface area contributed by atoms with Gasteiger partial charge >= 0.3 is 0 Å². The largest absolute Gasteiger partial charge is 0.314 e. The molecule has 1 unspecified atom stereocenters. The summed E-state index contributed by atoms with van der Waals surface area (Å²) in [5.41, 5.74) is 0. The van der Waals surface area contributed by atoms with E-state index in [-0.39, 0.29) is 0 Å². The summed E-state index contributed by atoms with van der Waals surface area (Å²) in [6, 6.07) is 0.963. The van der Waals surface area contributed by atoms with Crippen LogP contribution >= 0.6 is 0 Å². The Morgan fingerprint density at radius 3 is 2.20 bits per heavy atom. The van der Waals surface area contributed by atoms with Crippen LogP contribution in [-0.4, -0.2) is 30.7 Å². The molecule has 1 heteroatoms. The first-order valence-corrected chi connectivity index (χ1v) is 4.57. The summed E-state index contributed by atoms with van der Waals surface area (Å²) in [6.07, 6.45) is 4.14. The van der Waals surface area contributed by atoms with Crippen molar-refractivity contribution < 1.29 is 4.48 Å². The summed E-state index contributed by atoms with van der Waals surface area (Å²) < 4.78 is 1.37. The Morgan fingerprint density at radius 2 is 1.90 bits per heavy atom. The first kappa shape index (κ1) is 8.06. The van der Waals surface area contributed by atoms with Gasteiger partial charge in [-0.15, -0.1) is 0 Å². The summed E-state index contributed by atoms with van der Waals surface area (Å²) in [4.78, 5) is 0. The van der Waals surface area contributed by atoms with Crippen LogP contribution in [0.3, 0.4) is 0 Å². The molecule has 0 aliphatic carbocycles. The van der Waals surface area contributed by atoms with E-state index in [2.05, 4.69) is 20.9 Å². The van der Waals surface area contributed by atoms with E-state index >= 15 is 0 Å². The summed E-state index contributed by atoms with van der Waals surface area (Å²) in [7, 11) is 2.39. The van der Waals surface area contributed by atoms with Gasteiger partial charge in [0.1, 0.15) is 13.1 Å². The van der Waals surface area contributed by atoms with Crippen LogP contribution in [0.25, 0.3) is 0 Å². The summed E-state index contributed by atoms with van der Waals surface area (Å²) in [5, 5.41) is 0. The Hall–Kier alpha value is -0.0400. The van der Waals surface area contributed by atoms with Gasteiger partial charge in [0.15, 0.2) is 0 Å². The van der Waals surface area contributed by atoms with E-state index in [0.717, 1.165) is 6.04 Å². The number of hydrogen-bond donors (Lipinski definition) is 0. The Kier molecular flexibility index (Phi) is 2.35. The maximum Gasteiger partial charge on any atom is 0.129 e. The Morgan fingerprint density at radius 1 is 1.30 bits per heavy atom. The van der Waals surface area contributed by atoms with Crippen molar-refractivity contribution in [3.05, 3.63) is 0 Å². The van der Waals surface area contributed by atoms with Gasteiger partial charge < -0.3 is 4.48 Å². The summed E-state index contributed by atoms with van der Waals surface area (Å²) >= 11 is 0. The summed E-state index contributed by atoms with van der Waals surface area (Å²) in [5.74, 6) is 0. The highest BCUT2D eigenvalue weighted by Crippen LogP contribution is 2.27. The smallest absolute Gasteiger partial charge is 0.129 e. The molecule has 0 N–H and O–H groups in total. The van der Waals surface area contributed by atoms with Gasteiger partial charge in [0.2, 0.25) is 0 Å². The molecule has 1 rings (SSSR count). The molecule has 1 saturated heterocycles. The molecule has 0 aromatic carbocycles. The zero-order valence-corrected chi connectivity index (χ0v) is 7.56. The third-order valence-corrected chi connectivity index (χ3v) is 2.90. The van der Waals surface area contributed by atoms with Crippen LogP contribution in [0.4, 0.5) is 0 Å². The summed E-state index contributed by atoms with van der Waals surface area (Å²) in [6.45, 7) is 7.47.